The molecule has 0 unspecified atom stereocenters. The number of aliphatic imine (C=N–C) groups is 1. The highest BCUT2D eigenvalue weighted by molar-refractivity contribution is 5.91. The van der Waals surface area contributed by atoms with Crippen LogP contribution in [0.4, 0.5) is 0 Å². The van der Waals surface area contributed by atoms with E-state index in [9.17, 15) is 5.11 Å². The Balaban J connectivity index is -0.000000578. The number of hydrogen-bond acceptors (Lipinski definition) is 5. The van der Waals surface area contributed by atoms with Gasteiger partial charge < -0.3 is 25.4 Å². The Hall–Kier alpha value is -1.11. The summed E-state index contributed by atoms with van der Waals surface area (Å²) in [5, 5.41) is 16.9. The van der Waals surface area contributed by atoms with E-state index >= 15 is 0 Å². The summed E-state index contributed by atoms with van der Waals surface area (Å²) >= 11 is 0. The van der Waals surface area contributed by atoms with Crippen molar-refractivity contribution in [1.29, 1.82) is 0 Å². The van der Waals surface area contributed by atoms with Gasteiger partial charge in [-0.05, 0) is 11.3 Å². The molecule has 164 valence electrons. The lowest BCUT2D eigenvalue weighted by molar-refractivity contribution is 0.0767. The Labute approximate surface area is 168 Å². The van der Waals surface area contributed by atoms with Crippen molar-refractivity contribution < 1.29 is 21.1 Å². The number of ether oxygens (including phenoxy) is 2. The number of nitrogens with two attached hydrogens (primary N) is 1. The van der Waals surface area contributed by atoms with Gasteiger partial charge in [-0.3, -0.25) is 0 Å². The Morgan fingerprint density at radius 1 is 1.19 bits per heavy atom. The maximum atomic E-state index is 9.94. The molecule has 0 bridgehead atoms. The maximum Gasteiger partial charge on any atom is 0.139 e. The van der Waals surface area contributed by atoms with E-state index < -0.39 is 5.41 Å². The summed E-state index contributed by atoms with van der Waals surface area (Å²) in [6.45, 7) is 13.5. The van der Waals surface area contributed by atoms with Crippen LogP contribution in [0.25, 0.3) is 0 Å². The van der Waals surface area contributed by atoms with Gasteiger partial charge in [-0.25, -0.2) is 4.99 Å². The highest BCUT2D eigenvalue weighted by atomic mass is 16.5. The molecule has 0 radical (unpaired) electrons. The van der Waals surface area contributed by atoms with Gasteiger partial charge in [0.25, 0.3) is 0 Å². The SMILES string of the molecule is CCC1CCC1.CO.COCC(C)(C)/C(O)=C/C(N)=N/COCC(C)(C)C.[HH]. The van der Waals surface area contributed by atoms with Gasteiger partial charge in [0.15, 0.2) is 0 Å². The Bertz CT molecular complexity index is 426. The molecular formula is C21H46N2O4. The standard InChI is InChI=1S/C14H28N2O3.C6H12.CH4O.H2/c1-13(2,3)8-19-10-16-12(15)7-11(17)14(4,5)9-18-6;1-2-6-4-3-5-6;1-2;/h7,17H,8-10H2,1-6H3,(H2,15,16);6H,2-5H2,1H3;2H,1H3;1H/b11-7-;;;. The predicted octanol–water partition coefficient (Wildman–Crippen LogP) is 4.53. The summed E-state index contributed by atoms with van der Waals surface area (Å²) in [5.41, 5.74) is 5.33. The average molecular weight is 391 g/mol. The molecule has 0 amide bonds. The Kier molecular flexibility index (Phi) is 15.5. The molecule has 1 aliphatic rings. The molecule has 1 saturated carbocycles. The van der Waals surface area contributed by atoms with E-state index in [1.807, 2.05) is 13.8 Å². The minimum atomic E-state index is -0.485. The van der Waals surface area contributed by atoms with Crippen LogP contribution in [0.1, 0.15) is 68.7 Å². The van der Waals surface area contributed by atoms with Crippen LogP contribution in [0, 0.1) is 16.7 Å². The number of rotatable bonds is 8. The molecule has 27 heavy (non-hydrogen) atoms. The van der Waals surface area contributed by atoms with Gasteiger partial charge in [0.1, 0.15) is 18.3 Å². The van der Waals surface area contributed by atoms with Gasteiger partial charge in [0.2, 0.25) is 0 Å². The van der Waals surface area contributed by atoms with Crippen LogP contribution in [0.15, 0.2) is 16.8 Å². The van der Waals surface area contributed by atoms with Crippen LogP contribution >= 0.6 is 0 Å². The molecule has 0 saturated heterocycles. The first-order chi connectivity index (χ1) is 12.5. The highest BCUT2D eigenvalue weighted by Crippen LogP contribution is 2.28. The van der Waals surface area contributed by atoms with Crippen LogP contribution in [-0.2, 0) is 9.47 Å². The van der Waals surface area contributed by atoms with Crippen LogP contribution < -0.4 is 5.73 Å². The van der Waals surface area contributed by atoms with Crippen molar-refractivity contribution in [3.05, 3.63) is 11.8 Å². The maximum absolute atomic E-state index is 9.94. The molecular weight excluding hydrogens is 344 g/mol. The van der Waals surface area contributed by atoms with E-state index in [2.05, 4.69) is 32.7 Å². The smallest absolute Gasteiger partial charge is 0.139 e. The zero-order valence-electron chi connectivity index (χ0n) is 18.8. The van der Waals surface area contributed by atoms with E-state index in [1.54, 1.807) is 7.11 Å². The first-order valence-corrected chi connectivity index (χ1v) is 9.74. The molecule has 4 N–H and O–H groups in total. The highest BCUT2D eigenvalue weighted by Gasteiger charge is 2.23. The zero-order valence-corrected chi connectivity index (χ0v) is 18.8. The molecule has 0 atom stereocenters. The van der Waals surface area contributed by atoms with Crippen LogP contribution in [-0.4, -0.2) is 50.2 Å². The predicted molar refractivity (Wildman–Crippen MR) is 116 cm³/mol. The number of aliphatic hydroxyl groups excluding tert-OH is 2. The van der Waals surface area contributed by atoms with Gasteiger partial charge in [-0.1, -0.05) is 67.2 Å². The van der Waals surface area contributed by atoms with E-state index in [-0.39, 0.29) is 25.2 Å². The van der Waals surface area contributed by atoms with Crippen molar-refractivity contribution in [1.82, 2.24) is 0 Å². The van der Waals surface area contributed by atoms with Crippen molar-refractivity contribution >= 4 is 5.84 Å². The van der Waals surface area contributed by atoms with Crippen molar-refractivity contribution in [3.8, 4) is 0 Å². The lowest BCUT2D eigenvalue weighted by atomic mass is 9.84. The lowest BCUT2D eigenvalue weighted by Gasteiger charge is -2.22. The van der Waals surface area contributed by atoms with Gasteiger partial charge in [0.05, 0.1) is 13.2 Å². The molecule has 0 heterocycles. The second-order valence-electron chi connectivity index (χ2n) is 8.67. The molecule has 0 aromatic heterocycles. The molecule has 1 rings (SSSR count). The van der Waals surface area contributed by atoms with Gasteiger partial charge in [-0.15, -0.1) is 0 Å². The van der Waals surface area contributed by atoms with E-state index in [0.717, 1.165) is 13.0 Å². The fourth-order valence-corrected chi connectivity index (χ4v) is 2.19. The van der Waals surface area contributed by atoms with Crippen LogP contribution in [0.5, 0.6) is 0 Å². The summed E-state index contributed by atoms with van der Waals surface area (Å²) in [6, 6.07) is 0. The summed E-state index contributed by atoms with van der Waals surface area (Å²) in [6.07, 6.45) is 7.38. The molecule has 0 spiro atoms. The largest absolute Gasteiger partial charge is 0.512 e. The summed E-state index contributed by atoms with van der Waals surface area (Å²) in [7, 11) is 2.59. The second-order valence-corrected chi connectivity index (χ2v) is 8.67. The third kappa shape index (κ3) is 15.6. The third-order valence-corrected chi connectivity index (χ3v) is 4.16. The Morgan fingerprint density at radius 2 is 1.74 bits per heavy atom. The minimum absolute atomic E-state index is 0. The molecule has 0 aromatic rings. The van der Waals surface area contributed by atoms with Crippen molar-refractivity contribution in [2.24, 2.45) is 27.5 Å². The van der Waals surface area contributed by atoms with Crippen LogP contribution in [0.3, 0.4) is 0 Å². The number of aliphatic hydroxyl groups is 2. The first kappa shape index (κ1) is 28.1. The van der Waals surface area contributed by atoms with Crippen molar-refractivity contribution in [2.75, 3.05) is 34.2 Å². The topological polar surface area (TPSA) is 97.3 Å². The fraction of sp³-hybridized carbons (Fsp3) is 0.857. The summed E-state index contributed by atoms with van der Waals surface area (Å²) < 4.78 is 10.4. The van der Waals surface area contributed by atoms with Gasteiger partial charge in [0, 0.05) is 27.1 Å². The number of nitrogens with zero attached hydrogens (tertiary/aromatic N) is 1. The number of amidine groups is 1. The minimum Gasteiger partial charge on any atom is -0.512 e. The van der Waals surface area contributed by atoms with E-state index in [0.29, 0.717) is 13.2 Å². The zero-order chi connectivity index (χ0) is 21.5. The number of hydrogen-bond donors (Lipinski definition) is 3. The van der Waals surface area contributed by atoms with E-state index in [4.69, 9.17) is 20.3 Å². The Morgan fingerprint density at radius 3 is 2.07 bits per heavy atom. The lowest BCUT2D eigenvalue weighted by Crippen LogP contribution is -2.23. The fourth-order valence-electron chi connectivity index (χ4n) is 2.19. The van der Waals surface area contributed by atoms with Gasteiger partial charge in [-0.2, -0.15) is 0 Å². The molecule has 0 aliphatic heterocycles. The molecule has 0 aromatic carbocycles. The summed E-state index contributed by atoms with van der Waals surface area (Å²) in [4.78, 5) is 4.04. The molecule has 6 heteroatoms. The quantitative estimate of drug-likeness (QED) is 0.245. The molecule has 1 aliphatic carbocycles. The van der Waals surface area contributed by atoms with Gasteiger partial charge >= 0.3 is 0 Å². The van der Waals surface area contributed by atoms with Crippen molar-refractivity contribution in [2.45, 2.75) is 67.2 Å². The van der Waals surface area contributed by atoms with Crippen molar-refractivity contribution in [3.63, 3.8) is 0 Å². The van der Waals surface area contributed by atoms with Crippen LogP contribution in [0.2, 0.25) is 0 Å². The summed E-state index contributed by atoms with van der Waals surface area (Å²) in [5.74, 6) is 1.51. The monoisotopic (exact) mass is 390 g/mol. The molecule has 1 fully saturated rings. The number of methoxy groups -OCH3 is 1. The second kappa shape index (κ2) is 14.9. The third-order valence-electron chi connectivity index (χ3n) is 4.16. The molecule has 6 nitrogen and oxygen atoms in total. The first-order valence-electron chi connectivity index (χ1n) is 9.74. The average Bonchev–Trinajstić information content (AvgIpc) is 2.52. The van der Waals surface area contributed by atoms with E-state index in [1.165, 1.54) is 31.8 Å². The normalized spacial score (nSPS) is 15.9.